The molecule has 0 bridgehead atoms. The first-order valence-corrected chi connectivity index (χ1v) is 10.2. The molecule has 0 atom stereocenters. The fourth-order valence-electron chi connectivity index (χ4n) is 2.85. The first kappa shape index (κ1) is 21.6. The Labute approximate surface area is 191 Å². The third kappa shape index (κ3) is 4.39. The molecule has 1 amide bonds. The molecule has 0 fully saturated rings. The summed E-state index contributed by atoms with van der Waals surface area (Å²) in [6, 6.07) is 13.3. The topological polar surface area (TPSA) is 59.3 Å². The van der Waals surface area contributed by atoms with E-state index >= 15 is 0 Å². The summed E-state index contributed by atoms with van der Waals surface area (Å²) >= 11 is 15.4. The molecule has 1 N–H and O–H groups in total. The van der Waals surface area contributed by atoms with Gasteiger partial charge in [-0.1, -0.05) is 57.3 Å². The lowest BCUT2D eigenvalue weighted by Crippen LogP contribution is -2.16. The molecule has 31 heavy (non-hydrogen) atoms. The van der Waals surface area contributed by atoms with Gasteiger partial charge in [0, 0.05) is 16.1 Å². The van der Waals surface area contributed by atoms with Gasteiger partial charge in [-0.05, 0) is 30.3 Å². The third-order valence-corrected chi connectivity index (χ3v) is 5.45. The lowest BCUT2D eigenvalue weighted by atomic mass is 10.1. The zero-order valence-corrected chi connectivity index (χ0v) is 18.3. The Balaban J connectivity index is 1.80. The Morgan fingerprint density at radius 2 is 1.68 bits per heavy atom. The predicted molar refractivity (Wildman–Crippen MR) is 116 cm³/mol. The van der Waals surface area contributed by atoms with Crippen LogP contribution < -0.4 is 5.32 Å². The van der Waals surface area contributed by atoms with Crippen LogP contribution in [0.4, 0.5) is 18.9 Å². The number of halogens is 6. The van der Waals surface area contributed by atoms with E-state index in [4.69, 9.17) is 23.2 Å². The van der Waals surface area contributed by atoms with Gasteiger partial charge in [-0.2, -0.15) is 18.3 Å². The van der Waals surface area contributed by atoms with E-state index in [0.29, 0.717) is 10.1 Å². The Morgan fingerprint density at radius 3 is 2.29 bits per heavy atom. The van der Waals surface area contributed by atoms with Gasteiger partial charge in [-0.25, -0.2) is 9.50 Å². The molecule has 158 valence electrons. The number of hydrogen-bond acceptors (Lipinski definition) is 3. The fourth-order valence-corrected chi connectivity index (χ4v) is 3.61. The summed E-state index contributed by atoms with van der Waals surface area (Å²) in [6.45, 7) is 0. The van der Waals surface area contributed by atoms with Crippen LogP contribution in [0.3, 0.4) is 0 Å². The lowest BCUT2D eigenvalue weighted by molar-refractivity contribution is -0.142. The number of carbonyl (C=O) groups excluding carboxylic acids is 1. The van der Waals surface area contributed by atoms with Crippen LogP contribution >= 0.6 is 39.1 Å². The lowest BCUT2D eigenvalue weighted by Gasteiger charge is -2.11. The monoisotopic (exact) mass is 528 g/mol. The summed E-state index contributed by atoms with van der Waals surface area (Å²) in [6.07, 6.45) is -4.73. The molecule has 0 aliphatic heterocycles. The molecule has 4 rings (SSSR count). The number of nitrogens with zero attached hydrogens (tertiary/aromatic N) is 3. The Morgan fingerprint density at radius 1 is 1.03 bits per heavy atom. The minimum Gasteiger partial charge on any atom is -0.318 e. The average molecular weight is 530 g/mol. The Kier molecular flexibility index (Phi) is 5.67. The maximum Gasteiger partial charge on any atom is 0.433 e. The molecular weight excluding hydrogens is 520 g/mol. The van der Waals surface area contributed by atoms with Gasteiger partial charge in [0.2, 0.25) is 0 Å². The van der Waals surface area contributed by atoms with Gasteiger partial charge in [0.15, 0.2) is 17.0 Å². The van der Waals surface area contributed by atoms with Crippen molar-refractivity contribution in [3.63, 3.8) is 0 Å². The smallest absolute Gasteiger partial charge is 0.318 e. The number of fused-ring (bicyclic) bond motifs is 1. The van der Waals surface area contributed by atoms with Crippen LogP contribution in [-0.2, 0) is 6.18 Å². The van der Waals surface area contributed by atoms with Gasteiger partial charge >= 0.3 is 6.18 Å². The normalized spacial score (nSPS) is 11.7. The van der Waals surface area contributed by atoms with Gasteiger partial charge in [0.1, 0.15) is 0 Å². The van der Waals surface area contributed by atoms with E-state index in [1.807, 2.05) is 0 Å². The van der Waals surface area contributed by atoms with E-state index < -0.39 is 17.8 Å². The van der Waals surface area contributed by atoms with Gasteiger partial charge in [0.05, 0.1) is 21.4 Å². The van der Waals surface area contributed by atoms with Crippen molar-refractivity contribution < 1.29 is 18.0 Å². The molecule has 0 saturated carbocycles. The predicted octanol–water partition coefficient (Wildman–Crippen LogP) is 6.74. The SMILES string of the molecule is O=C(Nc1c(Cl)cccc1Cl)c1cc2nc(-c3ccc(Br)cc3)cc(C(F)(F)F)n2n1. The van der Waals surface area contributed by atoms with Crippen molar-refractivity contribution in [3.05, 3.63) is 80.5 Å². The number of anilines is 1. The van der Waals surface area contributed by atoms with Gasteiger partial charge < -0.3 is 5.32 Å². The number of benzene rings is 2. The van der Waals surface area contributed by atoms with Crippen LogP contribution in [0.1, 0.15) is 16.2 Å². The fraction of sp³-hybridized carbons (Fsp3) is 0.0500. The van der Waals surface area contributed by atoms with E-state index in [9.17, 15) is 18.0 Å². The first-order chi connectivity index (χ1) is 14.6. The standard InChI is InChI=1S/C20H10BrCl2F3N4O/c21-11-6-4-10(5-7-11)14-8-16(20(24,25)26)30-17(27-14)9-15(29-30)19(31)28-18-12(22)2-1-3-13(18)23/h1-9H,(H,28,31). The highest BCUT2D eigenvalue weighted by Crippen LogP contribution is 2.33. The van der Waals surface area contributed by atoms with E-state index in [1.54, 1.807) is 30.3 Å². The second-order valence-corrected chi connectivity index (χ2v) is 8.11. The van der Waals surface area contributed by atoms with Crippen molar-refractivity contribution in [1.29, 1.82) is 0 Å². The number of nitrogens with one attached hydrogen (secondary N) is 1. The second-order valence-electron chi connectivity index (χ2n) is 6.38. The zero-order chi connectivity index (χ0) is 22.3. The highest BCUT2D eigenvalue weighted by Gasteiger charge is 2.35. The third-order valence-electron chi connectivity index (χ3n) is 4.29. The molecule has 5 nitrogen and oxygen atoms in total. The number of rotatable bonds is 3. The van der Waals surface area contributed by atoms with Crippen LogP contribution in [0.2, 0.25) is 10.0 Å². The molecule has 0 aliphatic carbocycles. The highest BCUT2D eigenvalue weighted by molar-refractivity contribution is 9.10. The van der Waals surface area contributed by atoms with E-state index in [1.165, 1.54) is 12.1 Å². The van der Waals surface area contributed by atoms with Gasteiger partial charge in [-0.15, -0.1) is 0 Å². The largest absolute Gasteiger partial charge is 0.433 e. The van der Waals surface area contributed by atoms with Crippen molar-refractivity contribution >= 4 is 56.4 Å². The maximum absolute atomic E-state index is 13.7. The number of hydrogen-bond donors (Lipinski definition) is 1. The van der Waals surface area contributed by atoms with Gasteiger partial charge in [-0.3, -0.25) is 4.79 Å². The van der Waals surface area contributed by atoms with Crippen molar-refractivity contribution in [2.24, 2.45) is 0 Å². The number of amides is 1. The average Bonchev–Trinajstić information content (AvgIpc) is 3.14. The molecule has 0 radical (unpaired) electrons. The molecule has 4 aromatic rings. The van der Waals surface area contributed by atoms with Crippen LogP contribution in [-0.4, -0.2) is 20.5 Å². The summed E-state index contributed by atoms with van der Waals surface area (Å²) in [4.78, 5) is 16.9. The maximum atomic E-state index is 13.7. The number of aromatic nitrogens is 3. The second kappa shape index (κ2) is 8.14. The molecule has 0 unspecified atom stereocenters. The molecule has 0 aliphatic rings. The van der Waals surface area contributed by atoms with Crippen molar-refractivity contribution in [2.45, 2.75) is 6.18 Å². The van der Waals surface area contributed by atoms with Crippen molar-refractivity contribution in [1.82, 2.24) is 14.6 Å². The number of carbonyl (C=O) groups is 1. The number of para-hydroxylation sites is 1. The summed E-state index contributed by atoms with van der Waals surface area (Å²) < 4.78 is 42.5. The van der Waals surface area contributed by atoms with Crippen LogP contribution in [0, 0.1) is 0 Å². The summed E-state index contributed by atoms with van der Waals surface area (Å²) in [5.74, 6) is -0.779. The molecule has 11 heteroatoms. The quantitative estimate of drug-likeness (QED) is 0.320. The van der Waals surface area contributed by atoms with E-state index in [0.717, 1.165) is 16.6 Å². The Hall–Kier alpha value is -2.62. The molecular formula is C20H10BrCl2F3N4O. The molecule has 0 saturated heterocycles. The summed E-state index contributed by atoms with van der Waals surface area (Å²) in [5, 5.41) is 6.64. The van der Waals surface area contributed by atoms with E-state index in [2.05, 4.69) is 31.3 Å². The Bertz CT molecular complexity index is 1290. The highest BCUT2D eigenvalue weighted by atomic mass is 79.9. The van der Waals surface area contributed by atoms with Crippen molar-refractivity contribution in [2.75, 3.05) is 5.32 Å². The van der Waals surface area contributed by atoms with Crippen LogP contribution in [0.25, 0.3) is 16.9 Å². The minimum atomic E-state index is -4.73. The molecule has 0 spiro atoms. The number of alkyl halides is 3. The summed E-state index contributed by atoms with van der Waals surface area (Å²) in [7, 11) is 0. The first-order valence-electron chi connectivity index (χ1n) is 8.63. The van der Waals surface area contributed by atoms with Crippen LogP contribution in [0.5, 0.6) is 0 Å². The zero-order valence-electron chi connectivity index (χ0n) is 15.2. The molecule has 2 aromatic carbocycles. The van der Waals surface area contributed by atoms with Gasteiger partial charge in [0.25, 0.3) is 5.91 Å². The molecule has 2 aromatic heterocycles. The molecule has 2 heterocycles. The van der Waals surface area contributed by atoms with E-state index in [-0.39, 0.29) is 32.8 Å². The minimum absolute atomic E-state index is 0.0910. The summed E-state index contributed by atoms with van der Waals surface area (Å²) in [5.41, 5.74) is -0.776. The van der Waals surface area contributed by atoms with Crippen molar-refractivity contribution in [3.8, 4) is 11.3 Å². The van der Waals surface area contributed by atoms with Crippen LogP contribution in [0.15, 0.2) is 59.1 Å².